The van der Waals surface area contributed by atoms with Crippen LogP contribution in [0.15, 0.2) is 40.9 Å². The Balaban J connectivity index is 1.77. The van der Waals surface area contributed by atoms with E-state index in [9.17, 15) is 9.59 Å². The maximum absolute atomic E-state index is 12.5. The molecule has 0 aliphatic carbocycles. The largest absolute Gasteiger partial charge is 0.365 e. The molecule has 3 aliphatic heterocycles. The quantitative estimate of drug-likeness (QED) is 0.586. The zero-order valence-electron chi connectivity index (χ0n) is 9.82. The van der Waals surface area contributed by atoms with Gasteiger partial charge in [-0.1, -0.05) is 34.1 Å². The van der Waals surface area contributed by atoms with Crippen molar-refractivity contribution < 1.29 is 14.3 Å². The van der Waals surface area contributed by atoms with E-state index in [0.29, 0.717) is 5.69 Å². The summed E-state index contributed by atoms with van der Waals surface area (Å²) < 4.78 is 6.45. The molecule has 2 saturated heterocycles. The van der Waals surface area contributed by atoms with Gasteiger partial charge in [0.25, 0.3) is 0 Å². The van der Waals surface area contributed by atoms with Crippen LogP contribution in [0.5, 0.6) is 0 Å². The number of hydrogen-bond acceptors (Lipinski definition) is 3. The standard InChI is InChI=1S/C14H10BrNO3/c15-7-2-1-3-8(6-7)16-13(17)11-9-4-5-10(19-9)12(11)14(16)18/h1-6,9-12H/t9-,10+,11-,12-/m0/s1. The Morgan fingerprint density at radius 2 is 1.68 bits per heavy atom. The van der Waals surface area contributed by atoms with Crippen LogP contribution in [0.2, 0.25) is 0 Å². The molecule has 2 bridgehead atoms. The first kappa shape index (κ1) is 11.4. The SMILES string of the molecule is O=C1[C@@H]2[C@@H](C(=O)N1c1cccc(Br)c1)[C@H]1C=C[C@@H]2O1. The first-order valence-electron chi connectivity index (χ1n) is 6.14. The summed E-state index contributed by atoms with van der Waals surface area (Å²) in [7, 11) is 0. The van der Waals surface area contributed by atoms with Crippen LogP contribution in [0, 0.1) is 11.8 Å². The van der Waals surface area contributed by atoms with Gasteiger partial charge in [0, 0.05) is 4.47 Å². The highest BCUT2D eigenvalue weighted by Gasteiger charge is 2.60. The molecule has 2 fully saturated rings. The number of imide groups is 1. The predicted octanol–water partition coefficient (Wildman–Crippen LogP) is 1.89. The number of fused-ring (bicyclic) bond motifs is 5. The topological polar surface area (TPSA) is 46.6 Å². The van der Waals surface area contributed by atoms with E-state index in [1.54, 1.807) is 12.1 Å². The molecule has 5 heteroatoms. The second-order valence-corrected chi connectivity index (χ2v) is 5.91. The summed E-state index contributed by atoms with van der Waals surface area (Å²) in [6.45, 7) is 0. The normalized spacial score (nSPS) is 35.3. The lowest BCUT2D eigenvalue weighted by atomic mass is 9.85. The second-order valence-electron chi connectivity index (χ2n) is 4.99. The Bertz CT molecular complexity index is 597. The third kappa shape index (κ3) is 1.42. The molecule has 3 aliphatic rings. The van der Waals surface area contributed by atoms with Crippen LogP contribution in [0.4, 0.5) is 5.69 Å². The molecule has 0 saturated carbocycles. The molecule has 1 aromatic carbocycles. The van der Waals surface area contributed by atoms with Gasteiger partial charge in [-0.05, 0) is 18.2 Å². The van der Waals surface area contributed by atoms with Crippen molar-refractivity contribution in [3.8, 4) is 0 Å². The van der Waals surface area contributed by atoms with Crippen molar-refractivity contribution in [2.45, 2.75) is 12.2 Å². The molecule has 4 atom stereocenters. The van der Waals surface area contributed by atoms with E-state index in [4.69, 9.17) is 4.74 Å². The van der Waals surface area contributed by atoms with Crippen molar-refractivity contribution >= 4 is 33.4 Å². The number of amides is 2. The number of benzene rings is 1. The van der Waals surface area contributed by atoms with Gasteiger partial charge in [0.1, 0.15) is 0 Å². The summed E-state index contributed by atoms with van der Waals surface area (Å²) in [4.78, 5) is 26.3. The monoisotopic (exact) mass is 319 g/mol. The van der Waals surface area contributed by atoms with E-state index in [2.05, 4.69) is 15.9 Å². The molecule has 3 heterocycles. The van der Waals surface area contributed by atoms with E-state index in [0.717, 1.165) is 4.47 Å². The summed E-state index contributed by atoms with van der Waals surface area (Å²) in [6, 6.07) is 7.24. The number of halogens is 1. The van der Waals surface area contributed by atoms with E-state index in [1.165, 1.54) is 4.90 Å². The van der Waals surface area contributed by atoms with Crippen molar-refractivity contribution in [1.29, 1.82) is 0 Å². The maximum Gasteiger partial charge on any atom is 0.240 e. The summed E-state index contributed by atoms with van der Waals surface area (Å²) in [5.41, 5.74) is 0.623. The predicted molar refractivity (Wildman–Crippen MR) is 71.4 cm³/mol. The Kier molecular flexibility index (Phi) is 2.26. The first-order valence-corrected chi connectivity index (χ1v) is 6.93. The molecule has 2 amide bonds. The molecule has 0 spiro atoms. The van der Waals surface area contributed by atoms with Gasteiger partial charge >= 0.3 is 0 Å². The smallest absolute Gasteiger partial charge is 0.240 e. The zero-order chi connectivity index (χ0) is 13.1. The molecule has 1 aromatic rings. The van der Waals surface area contributed by atoms with E-state index in [-0.39, 0.29) is 35.9 Å². The lowest BCUT2D eigenvalue weighted by Crippen LogP contribution is -2.34. The molecule has 4 rings (SSSR count). The van der Waals surface area contributed by atoms with Gasteiger partial charge in [-0.25, -0.2) is 4.90 Å². The zero-order valence-corrected chi connectivity index (χ0v) is 11.4. The number of rotatable bonds is 1. The number of anilines is 1. The fourth-order valence-electron chi connectivity index (χ4n) is 3.17. The van der Waals surface area contributed by atoms with Crippen LogP contribution in [-0.2, 0) is 14.3 Å². The van der Waals surface area contributed by atoms with Crippen molar-refractivity contribution in [1.82, 2.24) is 0 Å². The van der Waals surface area contributed by atoms with Gasteiger partial charge in [-0.3, -0.25) is 9.59 Å². The van der Waals surface area contributed by atoms with Gasteiger partial charge in [-0.2, -0.15) is 0 Å². The van der Waals surface area contributed by atoms with Gasteiger partial charge in [0.05, 0.1) is 29.7 Å². The van der Waals surface area contributed by atoms with Gasteiger partial charge in [-0.15, -0.1) is 0 Å². The molecule has 4 nitrogen and oxygen atoms in total. The molecular formula is C14H10BrNO3. The molecule has 0 radical (unpaired) electrons. The fraction of sp³-hybridized carbons (Fsp3) is 0.286. The number of hydrogen-bond donors (Lipinski definition) is 0. The van der Waals surface area contributed by atoms with Crippen LogP contribution in [-0.4, -0.2) is 24.0 Å². The number of carbonyl (C=O) groups is 2. The van der Waals surface area contributed by atoms with Crippen molar-refractivity contribution in [2.24, 2.45) is 11.8 Å². The van der Waals surface area contributed by atoms with Crippen LogP contribution < -0.4 is 4.90 Å². The van der Waals surface area contributed by atoms with Crippen molar-refractivity contribution in [3.05, 3.63) is 40.9 Å². The van der Waals surface area contributed by atoms with E-state index < -0.39 is 0 Å². The molecule has 0 N–H and O–H groups in total. The Morgan fingerprint density at radius 1 is 1.05 bits per heavy atom. The van der Waals surface area contributed by atoms with Crippen LogP contribution >= 0.6 is 15.9 Å². The molecule has 0 unspecified atom stereocenters. The summed E-state index contributed by atoms with van der Waals surface area (Å²) >= 11 is 3.36. The molecular weight excluding hydrogens is 310 g/mol. The average molecular weight is 320 g/mol. The minimum Gasteiger partial charge on any atom is -0.365 e. The Hall–Kier alpha value is -1.46. The van der Waals surface area contributed by atoms with E-state index >= 15 is 0 Å². The Morgan fingerprint density at radius 3 is 2.26 bits per heavy atom. The van der Waals surface area contributed by atoms with Crippen LogP contribution in [0.25, 0.3) is 0 Å². The molecule has 0 aromatic heterocycles. The van der Waals surface area contributed by atoms with Crippen molar-refractivity contribution in [3.63, 3.8) is 0 Å². The van der Waals surface area contributed by atoms with Gasteiger partial charge < -0.3 is 4.74 Å². The minimum atomic E-state index is -0.346. The Labute approximate surface area is 118 Å². The van der Waals surface area contributed by atoms with Gasteiger partial charge in [0.2, 0.25) is 11.8 Å². The molecule has 19 heavy (non-hydrogen) atoms. The number of ether oxygens (including phenoxy) is 1. The average Bonchev–Trinajstić information content (AvgIpc) is 3.04. The third-order valence-electron chi connectivity index (χ3n) is 3.98. The third-order valence-corrected chi connectivity index (χ3v) is 4.47. The summed E-state index contributed by atoms with van der Waals surface area (Å²) in [5, 5.41) is 0. The highest BCUT2D eigenvalue weighted by atomic mass is 79.9. The lowest BCUT2D eigenvalue weighted by Gasteiger charge is -2.17. The fourth-order valence-corrected chi connectivity index (χ4v) is 3.56. The first-order chi connectivity index (χ1) is 9.16. The van der Waals surface area contributed by atoms with Gasteiger partial charge in [0.15, 0.2) is 0 Å². The van der Waals surface area contributed by atoms with Crippen molar-refractivity contribution in [2.75, 3.05) is 4.90 Å². The number of carbonyl (C=O) groups excluding carboxylic acids is 2. The summed E-state index contributed by atoms with van der Waals surface area (Å²) in [5.74, 6) is -0.988. The molecule has 96 valence electrons. The van der Waals surface area contributed by atoms with Crippen LogP contribution in [0.1, 0.15) is 0 Å². The van der Waals surface area contributed by atoms with E-state index in [1.807, 2.05) is 24.3 Å². The lowest BCUT2D eigenvalue weighted by molar-refractivity contribution is -0.124. The van der Waals surface area contributed by atoms with Crippen LogP contribution in [0.3, 0.4) is 0 Å². The highest BCUT2D eigenvalue weighted by molar-refractivity contribution is 9.10. The minimum absolute atomic E-state index is 0.148. The second kappa shape index (κ2) is 3.77. The number of nitrogens with zero attached hydrogens (tertiary/aromatic N) is 1. The highest BCUT2D eigenvalue weighted by Crippen LogP contribution is 2.46. The summed E-state index contributed by atoms with van der Waals surface area (Å²) in [6.07, 6.45) is 3.32. The maximum atomic E-state index is 12.5.